The zero-order valence-electron chi connectivity index (χ0n) is 7.58. The molecule has 4 nitrogen and oxygen atoms in total. The van der Waals surface area contributed by atoms with Gasteiger partial charge in [0.15, 0.2) is 0 Å². The smallest absolute Gasteiger partial charge is 0.266 e. The summed E-state index contributed by atoms with van der Waals surface area (Å²) >= 11 is 0. The van der Waals surface area contributed by atoms with Crippen LogP contribution in [0.1, 0.15) is 23.7 Å². The van der Waals surface area contributed by atoms with Crippen LogP contribution in [0, 0.1) is 0 Å². The van der Waals surface area contributed by atoms with Gasteiger partial charge in [-0.25, -0.2) is 5.43 Å². The number of carbonyl (C=O) groups excluding carboxylic acids is 1. The number of pyridine rings is 1. The summed E-state index contributed by atoms with van der Waals surface area (Å²) in [6.07, 6.45) is 4.15. The maximum atomic E-state index is 11.3. The van der Waals surface area contributed by atoms with E-state index in [0.717, 1.165) is 13.0 Å². The zero-order chi connectivity index (χ0) is 9.52. The Morgan fingerprint density at radius 3 is 3.08 bits per heavy atom. The van der Waals surface area contributed by atoms with Crippen LogP contribution in [0.15, 0.2) is 24.5 Å². The largest absolute Gasteiger partial charge is 0.287 e. The molecular formula is C9H13N3O. The van der Waals surface area contributed by atoms with Crippen molar-refractivity contribution in [2.75, 3.05) is 6.54 Å². The van der Waals surface area contributed by atoms with Crippen molar-refractivity contribution >= 4 is 5.91 Å². The van der Waals surface area contributed by atoms with Crippen molar-refractivity contribution in [1.82, 2.24) is 15.8 Å². The molecular weight excluding hydrogens is 166 g/mol. The van der Waals surface area contributed by atoms with Crippen molar-refractivity contribution < 1.29 is 4.79 Å². The van der Waals surface area contributed by atoms with Crippen LogP contribution in [0.3, 0.4) is 0 Å². The standard InChI is InChI=1S/C9H13N3O/c1-2-5-11-12-9(13)8-4-3-6-10-7-8/h3-4,6-7,11H,2,5H2,1H3,(H,12,13). The molecule has 0 aliphatic carbocycles. The number of carbonyl (C=O) groups is 1. The number of aromatic nitrogens is 1. The topological polar surface area (TPSA) is 54.0 Å². The van der Waals surface area contributed by atoms with Gasteiger partial charge in [-0.3, -0.25) is 15.2 Å². The van der Waals surface area contributed by atoms with Crippen LogP contribution in [0.4, 0.5) is 0 Å². The summed E-state index contributed by atoms with van der Waals surface area (Å²) in [5, 5.41) is 0. The fraction of sp³-hybridized carbons (Fsp3) is 0.333. The quantitative estimate of drug-likeness (QED) is 0.529. The third kappa shape index (κ3) is 3.21. The molecule has 1 amide bonds. The molecule has 0 aliphatic rings. The lowest BCUT2D eigenvalue weighted by atomic mass is 10.3. The van der Waals surface area contributed by atoms with Gasteiger partial charge in [0.25, 0.3) is 5.91 Å². The minimum absolute atomic E-state index is 0.151. The van der Waals surface area contributed by atoms with Crippen LogP contribution in [0.25, 0.3) is 0 Å². The maximum Gasteiger partial charge on any atom is 0.266 e. The Hall–Kier alpha value is -1.42. The first kappa shape index (κ1) is 9.67. The first-order valence-electron chi connectivity index (χ1n) is 4.28. The molecule has 0 bridgehead atoms. The molecule has 1 rings (SSSR count). The summed E-state index contributed by atoms with van der Waals surface area (Å²) in [5.41, 5.74) is 5.94. The third-order valence-electron chi connectivity index (χ3n) is 1.50. The predicted molar refractivity (Wildman–Crippen MR) is 50.0 cm³/mol. The monoisotopic (exact) mass is 179 g/mol. The van der Waals surface area contributed by atoms with Crippen molar-refractivity contribution in [3.63, 3.8) is 0 Å². The third-order valence-corrected chi connectivity index (χ3v) is 1.50. The molecule has 0 aliphatic heterocycles. The van der Waals surface area contributed by atoms with Crippen LogP contribution in [0.2, 0.25) is 0 Å². The van der Waals surface area contributed by atoms with Gasteiger partial charge in [-0.05, 0) is 18.6 Å². The van der Waals surface area contributed by atoms with Gasteiger partial charge in [-0.15, -0.1) is 0 Å². The van der Waals surface area contributed by atoms with Crippen molar-refractivity contribution in [2.45, 2.75) is 13.3 Å². The number of amides is 1. The van der Waals surface area contributed by atoms with Gasteiger partial charge < -0.3 is 0 Å². The molecule has 13 heavy (non-hydrogen) atoms. The first-order valence-corrected chi connectivity index (χ1v) is 4.28. The fourth-order valence-electron chi connectivity index (χ4n) is 0.837. The molecule has 0 spiro atoms. The second-order valence-electron chi connectivity index (χ2n) is 2.62. The van der Waals surface area contributed by atoms with Crippen LogP contribution >= 0.6 is 0 Å². The molecule has 4 heteroatoms. The van der Waals surface area contributed by atoms with Gasteiger partial charge in [0.2, 0.25) is 0 Å². The first-order chi connectivity index (χ1) is 6.34. The van der Waals surface area contributed by atoms with E-state index in [0.29, 0.717) is 5.56 Å². The highest BCUT2D eigenvalue weighted by Crippen LogP contribution is 1.93. The van der Waals surface area contributed by atoms with Gasteiger partial charge in [0, 0.05) is 18.9 Å². The molecule has 0 atom stereocenters. The van der Waals surface area contributed by atoms with Crippen molar-refractivity contribution in [3.05, 3.63) is 30.1 Å². The summed E-state index contributed by atoms with van der Waals surface area (Å²) in [5.74, 6) is -0.151. The Balaban J connectivity index is 2.40. The minimum Gasteiger partial charge on any atom is -0.287 e. The van der Waals surface area contributed by atoms with E-state index >= 15 is 0 Å². The lowest BCUT2D eigenvalue weighted by molar-refractivity contribution is 0.0933. The summed E-state index contributed by atoms with van der Waals surface area (Å²) in [7, 11) is 0. The van der Waals surface area contributed by atoms with Gasteiger partial charge in [-0.2, -0.15) is 0 Å². The molecule has 1 aromatic rings. The second kappa shape index (κ2) is 5.27. The van der Waals surface area contributed by atoms with Crippen LogP contribution in [-0.2, 0) is 0 Å². The molecule has 2 N–H and O–H groups in total. The van der Waals surface area contributed by atoms with E-state index in [1.54, 1.807) is 18.3 Å². The molecule has 70 valence electrons. The maximum absolute atomic E-state index is 11.3. The SMILES string of the molecule is CCCNNC(=O)c1cccnc1. The van der Waals surface area contributed by atoms with E-state index in [2.05, 4.69) is 15.8 Å². The number of rotatable bonds is 4. The Morgan fingerprint density at radius 1 is 1.62 bits per heavy atom. The summed E-state index contributed by atoms with van der Waals surface area (Å²) in [4.78, 5) is 15.2. The summed E-state index contributed by atoms with van der Waals surface area (Å²) in [6, 6.07) is 3.45. The molecule has 0 radical (unpaired) electrons. The molecule has 0 fully saturated rings. The van der Waals surface area contributed by atoms with Crippen molar-refractivity contribution in [2.24, 2.45) is 0 Å². The zero-order valence-corrected chi connectivity index (χ0v) is 7.58. The average Bonchev–Trinajstić information content (AvgIpc) is 2.19. The Morgan fingerprint density at radius 2 is 2.46 bits per heavy atom. The van der Waals surface area contributed by atoms with E-state index in [4.69, 9.17) is 0 Å². The summed E-state index contributed by atoms with van der Waals surface area (Å²) < 4.78 is 0. The minimum atomic E-state index is -0.151. The average molecular weight is 179 g/mol. The number of nitrogens with zero attached hydrogens (tertiary/aromatic N) is 1. The molecule has 0 saturated carbocycles. The highest BCUT2D eigenvalue weighted by molar-refractivity contribution is 5.93. The number of nitrogens with one attached hydrogen (secondary N) is 2. The van der Waals surface area contributed by atoms with Gasteiger partial charge in [0.1, 0.15) is 0 Å². The van der Waals surface area contributed by atoms with Crippen LogP contribution in [-0.4, -0.2) is 17.4 Å². The van der Waals surface area contributed by atoms with E-state index in [1.165, 1.54) is 6.20 Å². The van der Waals surface area contributed by atoms with Crippen LogP contribution < -0.4 is 10.9 Å². The van der Waals surface area contributed by atoms with Gasteiger partial charge in [-0.1, -0.05) is 6.92 Å². The van der Waals surface area contributed by atoms with Gasteiger partial charge in [0.05, 0.1) is 5.56 Å². The predicted octanol–water partition coefficient (Wildman–Crippen LogP) is 0.726. The molecule has 1 heterocycles. The van der Waals surface area contributed by atoms with E-state index in [9.17, 15) is 4.79 Å². The Bertz CT molecular complexity index is 261. The highest BCUT2D eigenvalue weighted by atomic mass is 16.2. The van der Waals surface area contributed by atoms with E-state index in [1.807, 2.05) is 6.92 Å². The fourth-order valence-corrected chi connectivity index (χ4v) is 0.837. The van der Waals surface area contributed by atoms with Gasteiger partial charge >= 0.3 is 0 Å². The normalized spacial score (nSPS) is 9.62. The Kier molecular flexibility index (Phi) is 3.92. The number of hydrogen-bond donors (Lipinski definition) is 2. The lowest BCUT2D eigenvalue weighted by Gasteiger charge is -2.04. The highest BCUT2D eigenvalue weighted by Gasteiger charge is 2.02. The molecule has 0 aromatic carbocycles. The number of hydrazine groups is 1. The second-order valence-corrected chi connectivity index (χ2v) is 2.62. The molecule has 1 aromatic heterocycles. The van der Waals surface area contributed by atoms with E-state index < -0.39 is 0 Å². The molecule has 0 unspecified atom stereocenters. The lowest BCUT2D eigenvalue weighted by Crippen LogP contribution is -2.37. The van der Waals surface area contributed by atoms with Crippen molar-refractivity contribution in [3.8, 4) is 0 Å². The molecule has 0 saturated heterocycles. The Labute approximate surface area is 77.3 Å². The van der Waals surface area contributed by atoms with Crippen molar-refractivity contribution in [1.29, 1.82) is 0 Å². The van der Waals surface area contributed by atoms with E-state index in [-0.39, 0.29) is 5.91 Å². The summed E-state index contributed by atoms with van der Waals surface area (Å²) in [6.45, 7) is 2.80. The number of hydrogen-bond acceptors (Lipinski definition) is 3. The van der Waals surface area contributed by atoms with Crippen LogP contribution in [0.5, 0.6) is 0 Å².